The number of hydrogen-bond acceptors (Lipinski definition) is 9. The van der Waals surface area contributed by atoms with Crippen molar-refractivity contribution in [3.8, 4) is 22.6 Å². The Balaban J connectivity index is 1.24. The molecule has 9 nitrogen and oxygen atoms in total. The molecule has 3 N–H and O–H groups in total. The molecule has 0 radical (unpaired) electrons. The minimum absolute atomic E-state index is 0.140. The molecule has 178 valence electrons. The third-order valence-electron chi connectivity index (χ3n) is 7.38. The largest absolute Gasteiger partial charge is 0.394 e. The Labute approximate surface area is 203 Å². The molecule has 2 fully saturated rings. The highest BCUT2D eigenvalue weighted by atomic mass is 16.5. The first kappa shape index (κ1) is 21.7. The number of anilines is 2. The Morgan fingerprint density at radius 1 is 0.943 bits per heavy atom. The summed E-state index contributed by atoms with van der Waals surface area (Å²) < 4.78 is 5.68. The van der Waals surface area contributed by atoms with Crippen molar-refractivity contribution in [1.29, 1.82) is 0 Å². The standard InChI is InChI=1S/C26H27N7O2/c27-25-29-14-19(15-30-25)17-4-7-20(8-5-17)26(10-2-11-26)24-31-23(35-32-24)18-6-9-22(28-13-18)33-12-1-3-21(33)16-34/h4-9,13-15,21,34H,1-3,10-12,16H2,(H2,27,29,30). The van der Waals surface area contributed by atoms with Crippen LogP contribution in [0.4, 0.5) is 11.8 Å². The van der Waals surface area contributed by atoms with Crippen LogP contribution in [0.3, 0.4) is 0 Å². The fourth-order valence-electron chi connectivity index (χ4n) is 5.19. The van der Waals surface area contributed by atoms with Gasteiger partial charge in [-0.05, 0) is 48.9 Å². The van der Waals surface area contributed by atoms with Gasteiger partial charge in [0.15, 0.2) is 5.82 Å². The molecule has 0 amide bonds. The molecule has 3 aromatic heterocycles. The molecule has 6 rings (SSSR count). The van der Waals surface area contributed by atoms with Gasteiger partial charge in [-0.1, -0.05) is 35.8 Å². The normalized spacial score (nSPS) is 19.0. The van der Waals surface area contributed by atoms with Gasteiger partial charge in [0.2, 0.25) is 5.95 Å². The summed E-state index contributed by atoms with van der Waals surface area (Å²) in [5.41, 5.74) is 9.29. The number of nitrogens with zero attached hydrogens (tertiary/aromatic N) is 6. The van der Waals surface area contributed by atoms with E-state index in [2.05, 4.69) is 49.3 Å². The maximum atomic E-state index is 9.60. The van der Waals surface area contributed by atoms with Gasteiger partial charge in [-0.3, -0.25) is 0 Å². The summed E-state index contributed by atoms with van der Waals surface area (Å²) in [6.45, 7) is 1.06. The maximum Gasteiger partial charge on any atom is 0.259 e. The smallest absolute Gasteiger partial charge is 0.259 e. The zero-order valence-electron chi connectivity index (χ0n) is 19.3. The third-order valence-corrected chi connectivity index (χ3v) is 7.38. The Bertz CT molecular complexity index is 1300. The lowest BCUT2D eigenvalue weighted by atomic mass is 9.64. The number of nitrogen functional groups attached to an aromatic ring is 1. The highest BCUT2D eigenvalue weighted by molar-refractivity contribution is 5.63. The number of pyridine rings is 1. The van der Waals surface area contributed by atoms with Crippen molar-refractivity contribution in [2.75, 3.05) is 23.8 Å². The van der Waals surface area contributed by atoms with E-state index in [0.29, 0.717) is 11.7 Å². The van der Waals surface area contributed by atoms with Gasteiger partial charge in [-0.25, -0.2) is 15.0 Å². The quantitative estimate of drug-likeness (QED) is 0.435. The molecule has 1 aliphatic heterocycles. The number of aliphatic hydroxyl groups is 1. The topological polar surface area (TPSA) is 127 Å². The summed E-state index contributed by atoms with van der Waals surface area (Å²) >= 11 is 0. The molecule has 1 unspecified atom stereocenters. The lowest BCUT2D eigenvalue weighted by Crippen LogP contribution is -2.36. The van der Waals surface area contributed by atoms with Crippen LogP contribution in [0.25, 0.3) is 22.6 Å². The fourth-order valence-corrected chi connectivity index (χ4v) is 5.19. The lowest BCUT2D eigenvalue weighted by Gasteiger charge is -2.39. The first-order valence-electron chi connectivity index (χ1n) is 12.0. The van der Waals surface area contributed by atoms with Crippen molar-refractivity contribution in [2.24, 2.45) is 0 Å². The van der Waals surface area contributed by atoms with Crippen LogP contribution in [0.1, 0.15) is 43.5 Å². The molecule has 1 saturated heterocycles. The van der Waals surface area contributed by atoms with Gasteiger partial charge in [0.1, 0.15) is 5.82 Å². The van der Waals surface area contributed by atoms with E-state index in [1.54, 1.807) is 18.6 Å². The van der Waals surface area contributed by atoms with Gasteiger partial charge in [-0.15, -0.1) is 0 Å². The summed E-state index contributed by atoms with van der Waals surface area (Å²) in [5.74, 6) is 2.32. The summed E-state index contributed by atoms with van der Waals surface area (Å²) in [6.07, 6.45) is 10.4. The van der Waals surface area contributed by atoms with E-state index >= 15 is 0 Å². The summed E-state index contributed by atoms with van der Waals surface area (Å²) in [6, 6.07) is 12.5. The van der Waals surface area contributed by atoms with Crippen molar-refractivity contribution in [3.05, 3.63) is 66.4 Å². The second-order valence-corrected chi connectivity index (χ2v) is 9.34. The number of aromatic nitrogens is 5. The van der Waals surface area contributed by atoms with E-state index in [-0.39, 0.29) is 24.0 Å². The van der Waals surface area contributed by atoms with Gasteiger partial charge in [0, 0.05) is 30.7 Å². The Kier molecular flexibility index (Phi) is 5.41. The van der Waals surface area contributed by atoms with E-state index in [1.165, 1.54) is 5.56 Å². The number of rotatable bonds is 6. The molecule has 0 spiro atoms. The predicted octanol–water partition coefficient (Wildman–Crippen LogP) is 3.60. The Hall–Kier alpha value is -3.85. The summed E-state index contributed by atoms with van der Waals surface area (Å²) in [7, 11) is 0. The van der Waals surface area contributed by atoms with E-state index in [9.17, 15) is 5.11 Å². The van der Waals surface area contributed by atoms with Crippen molar-refractivity contribution < 1.29 is 9.63 Å². The molecule has 35 heavy (non-hydrogen) atoms. The number of hydrogen-bond donors (Lipinski definition) is 2. The molecular formula is C26H27N7O2. The Morgan fingerprint density at radius 2 is 1.69 bits per heavy atom. The van der Waals surface area contributed by atoms with Crippen LogP contribution in [0.15, 0.2) is 59.5 Å². The minimum Gasteiger partial charge on any atom is -0.394 e. The molecule has 1 aliphatic carbocycles. The number of nitrogens with two attached hydrogens (primary N) is 1. The molecule has 9 heteroatoms. The number of benzene rings is 1. The zero-order valence-corrected chi connectivity index (χ0v) is 19.3. The van der Waals surface area contributed by atoms with Crippen molar-refractivity contribution in [1.82, 2.24) is 25.1 Å². The molecule has 1 aromatic carbocycles. The van der Waals surface area contributed by atoms with E-state index < -0.39 is 0 Å². The fraction of sp³-hybridized carbons (Fsp3) is 0.346. The number of aliphatic hydroxyl groups excluding tert-OH is 1. The average molecular weight is 470 g/mol. The zero-order chi connectivity index (χ0) is 23.8. The highest BCUT2D eigenvalue weighted by Crippen LogP contribution is 2.48. The van der Waals surface area contributed by atoms with Crippen molar-refractivity contribution >= 4 is 11.8 Å². The average Bonchev–Trinajstić information content (AvgIpc) is 3.55. The van der Waals surface area contributed by atoms with Crippen molar-refractivity contribution in [2.45, 2.75) is 43.6 Å². The minimum atomic E-state index is -0.241. The van der Waals surface area contributed by atoms with Gasteiger partial charge >= 0.3 is 0 Å². The van der Waals surface area contributed by atoms with E-state index in [1.807, 2.05) is 12.1 Å². The van der Waals surface area contributed by atoms with Crippen LogP contribution in [0.5, 0.6) is 0 Å². The van der Waals surface area contributed by atoms with Gasteiger partial charge < -0.3 is 20.3 Å². The lowest BCUT2D eigenvalue weighted by molar-refractivity contribution is 0.266. The van der Waals surface area contributed by atoms with Gasteiger partial charge in [-0.2, -0.15) is 4.98 Å². The SMILES string of the molecule is Nc1ncc(-c2ccc(C3(c4noc(-c5ccc(N6CCCC6CO)nc5)n4)CCC3)cc2)cn1. The monoisotopic (exact) mass is 469 g/mol. The molecular weight excluding hydrogens is 442 g/mol. The van der Waals surface area contributed by atoms with Crippen LogP contribution < -0.4 is 10.6 Å². The van der Waals surface area contributed by atoms with Gasteiger partial charge in [0.25, 0.3) is 5.89 Å². The van der Waals surface area contributed by atoms with Gasteiger partial charge in [0.05, 0.1) is 23.6 Å². The third kappa shape index (κ3) is 3.81. The first-order chi connectivity index (χ1) is 17.2. The van der Waals surface area contributed by atoms with Crippen molar-refractivity contribution in [3.63, 3.8) is 0 Å². The second kappa shape index (κ2) is 8.74. The maximum absolute atomic E-state index is 9.60. The highest BCUT2D eigenvalue weighted by Gasteiger charge is 2.44. The molecule has 2 aliphatic rings. The molecule has 4 heterocycles. The van der Waals surface area contributed by atoms with Crippen LogP contribution in [0, 0.1) is 0 Å². The molecule has 4 aromatic rings. The Morgan fingerprint density at radius 3 is 2.34 bits per heavy atom. The second-order valence-electron chi connectivity index (χ2n) is 9.34. The van der Waals surface area contributed by atoms with Crippen LogP contribution in [-0.4, -0.2) is 49.4 Å². The summed E-state index contributed by atoms with van der Waals surface area (Å²) in [5, 5.41) is 14.0. The predicted molar refractivity (Wildman–Crippen MR) is 131 cm³/mol. The van der Waals surface area contributed by atoms with E-state index in [0.717, 1.165) is 61.2 Å². The van der Waals surface area contributed by atoms with Crippen LogP contribution in [-0.2, 0) is 5.41 Å². The first-order valence-corrected chi connectivity index (χ1v) is 12.0. The van der Waals surface area contributed by atoms with Crippen LogP contribution in [0.2, 0.25) is 0 Å². The summed E-state index contributed by atoms with van der Waals surface area (Å²) in [4.78, 5) is 19.7. The molecule has 0 bridgehead atoms. The molecule has 1 atom stereocenters. The van der Waals surface area contributed by atoms with E-state index in [4.69, 9.17) is 15.2 Å². The molecule has 1 saturated carbocycles. The van der Waals surface area contributed by atoms with Crippen LogP contribution >= 0.6 is 0 Å².